The highest BCUT2D eigenvalue weighted by molar-refractivity contribution is 7.98. The summed E-state index contributed by atoms with van der Waals surface area (Å²) in [4.78, 5) is 12.5. The first-order valence-electron chi connectivity index (χ1n) is 10.4. The van der Waals surface area contributed by atoms with E-state index in [1.807, 2.05) is 0 Å². The molecule has 2 amide bonds. The molecule has 0 saturated heterocycles. The van der Waals surface area contributed by atoms with Crippen LogP contribution >= 0.6 is 35.0 Å². The summed E-state index contributed by atoms with van der Waals surface area (Å²) in [5, 5.41) is 15.6. The second-order valence-electron chi connectivity index (χ2n) is 7.28. The summed E-state index contributed by atoms with van der Waals surface area (Å²) in [5.41, 5.74) is 2.11. The van der Waals surface area contributed by atoms with Gasteiger partial charge in [0.1, 0.15) is 11.6 Å². The Morgan fingerprint density at radius 3 is 2.51 bits per heavy atom. The molecule has 0 bridgehead atoms. The van der Waals surface area contributed by atoms with E-state index in [0.29, 0.717) is 43.9 Å². The molecule has 0 aliphatic heterocycles. The molecule has 0 radical (unpaired) electrons. The van der Waals surface area contributed by atoms with Crippen molar-refractivity contribution in [3.63, 3.8) is 0 Å². The highest BCUT2D eigenvalue weighted by Gasteiger charge is 2.18. The van der Waals surface area contributed by atoms with Crippen LogP contribution in [0.1, 0.15) is 11.4 Å². The molecule has 4 aromatic rings. The van der Waals surface area contributed by atoms with Gasteiger partial charge in [-0.2, -0.15) is 0 Å². The van der Waals surface area contributed by atoms with Gasteiger partial charge in [-0.15, -0.1) is 10.2 Å². The van der Waals surface area contributed by atoms with Crippen LogP contribution < -0.4 is 15.4 Å². The Morgan fingerprint density at radius 2 is 1.80 bits per heavy atom. The maximum Gasteiger partial charge on any atom is 0.319 e. The number of aromatic nitrogens is 3. The van der Waals surface area contributed by atoms with Gasteiger partial charge in [0.25, 0.3) is 0 Å². The Labute approximate surface area is 215 Å². The summed E-state index contributed by atoms with van der Waals surface area (Å²) in [6.45, 7) is 0.0783. The number of methoxy groups -OCH3 is 1. The first-order chi connectivity index (χ1) is 16.9. The summed E-state index contributed by atoms with van der Waals surface area (Å²) in [7, 11) is 1.57. The summed E-state index contributed by atoms with van der Waals surface area (Å²) in [6.07, 6.45) is 0. The average molecular weight is 532 g/mol. The fraction of sp³-hybridized carbons (Fsp3) is 0.125. The van der Waals surface area contributed by atoms with Crippen LogP contribution in [0.4, 0.5) is 14.9 Å². The largest absolute Gasteiger partial charge is 0.497 e. The number of benzene rings is 3. The van der Waals surface area contributed by atoms with Crippen LogP contribution in [-0.2, 0) is 12.3 Å². The van der Waals surface area contributed by atoms with Gasteiger partial charge in [0.05, 0.1) is 24.4 Å². The molecule has 0 aliphatic carbocycles. The van der Waals surface area contributed by atoms with Crippen LogP contribution in [0.2, 0.25) is 10.0 Å². The lowest BCUT2D eigenvalue weighted by Crippen LogP contribution is -2.29. The maximum atomic E-state index is 13.2. The Balaban J connectivity index is 1.53. The topological polar surface area (TPSA) is 81.1 Å². The maximum absolute atomic E-state index is 13.2. The number of urea groups is 1. The molecule has 7 nitrogen and oxygen atoms in total. The zero-order chi connectivity index (χ0) is 24.8. The van der Waals surface area contributed by atoms with Gasteiger partial charge in [-0.3, -0.25) is 4.57 Å². The Bertz CT molecular complexity index is 1320. The van der Waals surface area contributed by atoms with Crippen LogP contribution in [0.3, 0.4) is 0 Å². The van der Waals surface area contributed by atoms with Gasteiger partial charge in [0, 0.05) is 16.5 Å². The number of nitrogens with zero attached hydrogens (tertiary/aromatic N) is 3. The molecule has 2 N–H and O–H groups in total. The molecule has 11 heteroatoms. The highest BCUT2D eigenvalue weighted by atomic mass is 35.5. The average Bonchev–Trinajstić information content (AvgIpc) is 3.27. The van der Waals surface area contributed by atoms with Gasteiger partial charge in [0.15, 0.2) is 11.0 Å². The van der Waals surface area contributed by atoms with E-state index in [-0.39, 0.29) is 12.4 Å². The van der Waals surface area contributed by atoms with Gasteiger partial charge in [-0.1, -0.05) is 47.1 Å². The second kappa shape index (κ2) is 11.4. The number of carbonyl (C=O) groups is 1. The van der Waals surface area contributed by atoms with Crippen LogP contribution in [0, 0.1) is 5.82 Å². The van der Waals surface area contributed by atoms with E-state index in [9.17, 15) is 9.18 Å². The van der Waals surface area contributed by atoms with E-state index < -0.39 is 6.03 Å². The van der Waals surface area contributed by atoms with Crippen molar-refractivity contribution in [3.05, 3.63) is 94.0 Å². The molecule has 4 rings (SSSR count). The van der Waals surface area contributed by atoms with Crippen LogP contribution in [0.5, 0.6) is 5.75 Å². The van der Waals surface area contributed by atoms with Crippen molar-refractivity contribution in [2.75, 3.05) is 12.4 Å². The summed E-state index contributed by atoms with van der Waals surface area (Å²) < 4.78 is 20.1. The molecule has 180 valence electrons. The van der Waals surface area contributed by atoms with Crippen molar-refractivity contribution >= 4 is 46.7 Å². The SMILES string of the molecule is COc1ccc(NC(=O)NCc2nnc(SCc3ccc(F)cc3)n2-c2cc(Cl)ccc2Cl)cc1. The molecule has 0 aliphatic rings. The number of anilines is 1. The number of thioether (sulfide) groups is 1. The van der Waals surface area contributed by atoms with Crippen LogP contribution in [0.15, 0.2) is 71.9 Å². The normalized spacial score (nSPS) is 10.7. The van der Waals surface area contributed by atoms with Gasteiger partial charge in [-0.25, -0.2) is 9.18 Å². The first kappa shape index (κ1) is 24.8. The van der Waals surface area contributed by atoms with Gasteiger partial charge in [-0.05, 0) is 60.2 Å². The van der Waals surface area contributed by atoms with Crippen molar-refractivity contribution in [2.24, 2.45) is 0 Å². The predicted molar refractivity (Wildman–Crippen MR) is 136 cm³/mol. The van der Waals surface area contributed by atoms with E-state index in [1.54, 1.807) is 66.3 Å². The van der Waals surface area contributed by atoms with Crippen molar-refractivity contribution in [3.8, 4) is 11.4 Å². The molecule has 0 saturated carbocycles. The summed E-state index contributed by atoms with van der Waals surface area (Å²) in [6, 6.07) is 17.9. The number of hydrogen-bond donors (Lipinski definition) is 2. The lowest BCUT2D eigenvalue weighted by molar-refractivity contribution is 0.251. The van der Waals surface area contributed by atoms with E-state index in [0.717, 1.165) is 5.56 Å². The van der Waals surface area contributed by atoms with Crippen LogP contribution in [-0.4, -0.2) is 27.9 Å². The zero-order valence-corrected chi connectivity index (χ0v) is 20.8. The molecular formula is C24H20Cl2FN5O2S. The van der Waals surface area contributed by atoms with Crippen LogP contribution in [0.25, 0.3) is 5.69 Å². The van der Waals surface area contributed by atoms with Gasteiger partial charge < -0.3 is 15.4 Å². The predicted octanol–water partition coefficient (Wildman–Crippen LogP) is 6.34. The number of rotatable bonds is 8. The third-order valence-corrected chi connectivity index (χ3v) is 6.44. The Hall–Kier alpha value is -3.27. The van der Waals surface area contributed by atoms with Crippen molar-refractivity contribution in [1.29, 1.82) is 0 Å². The van der Waals surface area contributed by atoms with E-state index in [1.165, 1.54) is 23.9 Å². The molecule has 0 spiro atoms. The monoisotopic (exact) mass is 531 g/mol. The zero-order valence-electron chi connectivity index (χ0n) is 18.5. The molecular weight excluding hydrogens is 512 g/mol. The van der Waals surface area contributed by atoms with E-state index in [2.05, 4.69) is 20.8 Å². The summed E-state index contributed by atoms with van der Waals surface area (Å²) in [5.74, 6) is 1.38. The van der Waals surface area contributed by atoms with E-state index >= 15 is 0 Å². The minimum absolute atomic E-state index is 0.0783. The third kappa shape index (κ3) is 6.45. The molecule has 1 aromatic heterocycles. The third-order valence-electron chi connectivity index (χ3n) is 4.89. The molecule has 35 heavy (non-hydrogen) atoms. The fourth-order valence-electron chi connectivity index (χ4n) is 3.14. The molecule has 0 fully saturated rings. The number of carbonyl (C=O) groups excluding carboxylic acids is 1. The number of nitrogens with one attached hydrogen (secondary N) is 2. The summed E-state index contributed by atoms with van der Waals surface area (Å²) >= 11 is 14.1. The minimum Gasteiger partial charge on any atom is -0.497 e. The van der Waals surface area contributed by atoms with Crippen molar-refractivity contribution < 1.29 is 13.9 Å². The standard InChI is InChI=1S/C24H20Cl2FN5O2S/c1-34-19-9-7-18(8-10-19)29-23(33)28-13-22-30-31-24(35-14-15-2-5-17(27)6-3-15)32(22)21-12-16(25)4-11-20(21)26/h2-12H,13-14H2,1H3,(H2,28,29,33). The molecule has 0 unspecified atom stereocenters. The van der Waals surface area contributed by atoms with E-state index in [4.69, 9.17) is 27.9 Å². The lowest BCUT2D eigenvalue weighted by Gasteiger charge is -2.13. The molecule has 1 heterocycles. The van der Waals surface area contributed by atoms with Crippen molar-refractivity contribution in [1.82, 2.24) is 20.1 Å². The fourth-order valence-corrected chi connectivity index (χ4v) is 4.43. The molecule has 3 aromatic carbocycles. The smallest absolute Gasteiger partial charge is 0.319 e. The number of amides is 2. The molecule has 0 atom stereocenters. The van der Waals surface area contributed by atoms with Gasteiger partial charge >= 0.3 is 6.03 Å². The Morgan fingerprint density at radius 1 is 1.06 bits per heavy atom. The number of hydrogen-bond acceptors (Lipinski definition) is 5. The first-order valence-corrected chi connectivity index (χ1v) is 12.1. The highest BCUT2D eigenvalue weighted by Crippen LogP contribution is 2.31. The lowest BCUT2D eigenvalue weighted by atomic mass is 10.2. The van der Waals surface area contributed by atoms with Crippen molar-refractivity contribution in [2.45, 2.75) is 17.5 Å². The van der Waals surface area contributed by atoms with Gasteiger partial charge in [0.2, 0.25) is 0 Å². The second-order valence-corrected chi connectivity index (χ2v) is 9.07. The number of halogens is 3. The number of ether oxygens (including phenoxy) is 1. The quantitative estimate of drug-likeness (QED) is 0.259. The Kier molecular flexibility index (Phi) is 8.12. The minimum atomic E-state index is -0.414.